The number of rotatable bonds is 7. The lowest BCUT2D eigenvalue weighted by Gasteiger charge is -2.51. The molecule has 6 rings (SSSR count). The molecule has 6 aliphatic rings. The van der Waals surface area contributed by atoms with Gasteiger partial charge in [-0.3, -0.25) is 9.80 Å². The molecule has 0 atom stereocenters. The van der Waals surface area contributed by atoms with E-state index in [1.54, 1.807) is 0 Å². The summed E-state index contributed by atoms with van der Waals surface area (Å²) in [7, 11) is 0. The molecule has 6 aliphatic heterocycles. The van der Waals surface area contributed by atoms with E-state index in [0.29, 0.717) is 0 Å². The van der Waals surface area contributed by atoms with Crippen LogP contribution in [0.25, 0.3) is 0 Å². The normalized spacial score (nSPS) is 43.6. The summed E-state index contributed by atoms with van der Waals surface area (Å²) in [5, 5.41) is 0. The molecule has 0 N–H and O–H groups in total. The Morgan fingerprint density at radius 2 is 0.773 bits per heavy atom. The van der Waals surface area contributed by atoms with Gasteiger partial charge in [-0.1, -0.05) is 0 Å². The van der Waals surface area contributed by atoms with Crippen LogP contribution in [-0.4, -0.2) is 110 Å². The van der Waals surface area contributed by atoms with Gasteiger partial charge in [0.15, 0.2) is 0 Å². The largest absolute Gasteiger partial charge is 0.320 e. The second kappa shape index (κ2) is 6.39. The average Bonchev–Trinajstić information content (AvgIpc) is 2.61. The molecule has 4 bridgehead atoms. The summed E-state index contributed by atoms with van der Waals surface area (Å²) in [6.07, 6.45) is 5.92. The first-order chi connectivity index (χ1) is 10.8. The molecule has 4 nitrogen and oxygen atoms in total. The lowest BCUT2D eigenvalue weighted by Crippen LogP contribution is -2.67. The maximum atomic E-state index is 2.66. The van der Waals surface area contributed by atoms with Crippen molar-refractivity contribution in [2.24, 2.45) is 0 Å². The third-order valence-electron chi connectivity index (χ3n) is 7.36. The lowest BCUT2D eigenvalue weighted by molar-refractivity contribution is -0.941. The van der Waals surface area contributed by atoms with Crippen LogP contribution in [0, 0.1) is 0 Å². The van der Waals surface area contributed by atoms with Crippen LogP contribution in [0.15, 0.2) is 0 Å². The average molecular weight is 309 g/mol. The van der Waals surface area contributed by atoms with Gasteiger partial charge in [0.1, 0.15) is 0 Å². The quantitative estimate of drug-likeness (QED) is 0.508. The minimum atomic E-state index is 1.37. The summed E-state index contributed by atoms with van der Waals surface area (Å²) < 4.78 is 2.93. The van der Waals surface area contributed by atoms with E-state index in [1.165, 1.54) is 126 Å². The fourth-order valence-electron chi connectivity index (χ4n) is 5.38. The standard InChI is InChI=1S/C18H36N4/c1(3-11-21-13-5-19(6-14-21)7-15-21)2-4-12-22-16-8-20(9-17-22)10-18-22/h1-18H2/q+2. The van der Waals surface area contributed by atoms with Crippen molar-refractivity contribution in [1.82, 2.24) is 9.80 Å². The van der Waals surface area contributed by atoms with Crippen molar-refractivity contribution in [3.05, 3.63) is 0 Å². The topological polar surface area (TPSA) is 6.48 Å². The summed E-state index contributed by atoms with van der Waals surface area (Å²) >= 11 is 0. The molecule has 4 heteroatoms. The maximum absolute atomic E-state index is 2.66. The Morgan fingerprint density at radius 1 is 0.455 bits per heavy atom. The van der Waals surface area contributed by atoms with Gasteiger partial charge < -0.3 is 8.97 Å². The van der Waals surface area contributed by atoms with Crippen LogP contribution in [0.5, 0.6) is 0 Å². The second-order valence-corrected chi connectivity index (χ2v) is 8.57. The Hall–Kier alpha value is -0.160. The van der Waals surface area contributed by atoms with E-state index in [1.807, 2.05) is 0 Å². The first-order valence-electron chi connectivity index (χ1n) is 9.93. The number of quaternary nitrogens is 2. The van der Waals surface area contributed by atoms with E-state index in [2.05, 4.69) is 9.80 Å². The lowest BCUT2D eigenvalue weighted by atomic mass is 10.1. The zero-order valence-electron chi connectivity index (χ0n) is 14.5. The van der Waals surface area contributed by atoms with Crippen LogP contribution in [0.1, 0.15) is 25.7 Å². The van der Waals surface area contributed by atoms with E-state index in [-0.39, 0.29) is 0 Å². The van der Waals surface area contributed by atoms with Crippen LogP contribution in [0.2, 0.25) is 0 Å². The molecule has 0 amide bonds. The molecule has 0 aromatic rings. The van der Waals surface area contributed by atoms with E-state index >= 15 is 0 Å². The summed E-state index contributed by atoms with van der Waals surface area (Å²) in [5.74, 6) is 0. The van der Waals surface area contributed by atoms with Gasteiger partial charge in [-0.15, -0.1) is 0 Å². The van der Waals surface area contributed by atoms with Crippen molar-refractivity contribution < 1.29 is 8.97 Å². The minimum absolute atomic E-state index is 1.37. The third kappa shape index (κ3) is 3.21. The first kappa shape index (κ1) is 15.4. The SMILES string of the molecule is C(CCC[N+]12CCN(CC1)CC2)CC[N+]12CCN(CC1)CC2. The molecular formula is C18H36N4+2. The highest BCUT2D eigenvalue weighted by molar-refractivity contribution is 4.72. The predicted octanol–water partition coefficient (Wildman–Crippen LogP) is 0.839. The summed E-state index contributed by atoms with van der Waals surface area (Å²) in [6, 6.07) is 0. The van der Waals surface area contributed by atoms with Crippen LogP contribution >= 0.6 is 0 Å². The highest BCUT2D eigenvalue weighted by Crippen LogP contribution is 2.22. The van der Waals surface area contributed by atoms with Crippen molar-refractivity contribution in [3.63, 3.8) is 0 Å². The maximum Gasteiger partial charge on any atom is 0.0916 e. The van der Waals surface area contributed by atoms with Crippen molar-refractivity contribution in [1.29, 1.82) is 0 Å². The number of hydrogen-bond acceptors (Lipinski definition) is 2. The number of piperazine rings is 6. The van der Waals surface area contributed by atoms with Crippen LogP contribution < -0.4 is 0 Å². The van der Waals surface area contributed by atoms with Crippen molar-refractivity contribution >= 4 is 0 Å². The molecule has 0 saturated carbocycles. The molecular weight excluding hydrogens is 272 g/mol. The van der Waals surface area contributed by atoms with Gasteiger partial charge in [-0.25, -0.2) is 0 Å². The van der Waals surface area contributed by atoms with Gasteiger partial charge in [0.05, 0.1) is 52.4 Å². The summed E-state index contributed by atoms with van der Waals surface area (Å²) in [5.41, 5.74) is 0. The van der Waals surface area contributed by atoms with E-state index in [4.69, 9.17) is 0 Å². The van der Waals surface area contributed by atoms with Crippen LogP contribution in [-0.2, 0) is 0 Å². The highest BCUT2D eigenvalue weighted by atomic mass is 15.5. The fourth-order valence-corrected chi connectivity index (χ4v) is 5.38. The molecule has 6 fully saturated rings. The molecule has 0 spiro atoms. The molecule has 22 heavy (non-hydrogen) atoms. The zero-order chi connectivity index (χ0) is 14.9. The van der Waals surface area contributed by atoms with E-state index in [0.717, 1.165) is 0 Å². The summed E-state index contributed by atoms with van der Waals surface area (Å²) in [4.78, 5) is 5.32. The number of hydrogen-bond donors (Lipinski definition) is 0. The number of nitrogens with zero attached hydrogens (tertiary/aromatic N) is 4. The van der Waals surface area contributed by atoms with Gasteiger partial charge in [-0.05, 0) is 25.7 Å². The summed E-state index contributed by atoms with van der Waals surface area (Å²) in [6.45, 7) is 19.8. The van der Waals surface area contributed by atoms with Gasteiger partial charge in [0, 0.05) is 39.3 Å². The Bertz CT molecular complexity index is 304. The Kier molecular flexibility index (Phi) is 4.46. The molecule has 6 saturated heterocycles. The minimum Gasteiger partial charge on any atom is -0.320 e. The van der Waals surface area contributed by atoms with E-state index < -0.39 is 0 Å². The van der Waals surface area contributed by atoms with Gasteiger partial charge in [0.25, 0.3) is 0 Å². The molecule has 0 radical (unpaired) electrons. The van der Waals surface area contributed by atoms with Gasteiger partial charge in [-0.2, -0.15) is 0 Å². The van der Waals surface area contributed by atoms with Gasteiger partial charge in [0.2, 0.25) is 0 Å². The molecule has 126 valence electrons. The Labute approximate surface area is 136 Å². The number of unbranched alkanes of at least 4 members (excludes halogenated alkanes) is 3. The Balaban J connectivity index is 1.11. The van der Waals surface area contributed by atoms with Crippen molar-refractivity contribution in [3.8, 4) is 0 Å². The van der Waals surface area contributed by atoms with Crippen LogP contribution in [0.3, 0.4) is 0 Å². The molecule has 0 aromatic carbocycles. The number of fused-ring (bicyclic) bond motifs is 6. The molecule has 0 aromatic heterocycles. The zero-order valence-corrected chi connectivity index (χ0v) is 14.5. The molecule has 6 heterocycles. The van der Waals surface area contributed by atoms with E-state index in [9.17, 15) is 0 Å². The molecule has 0 unspecified atom stereocenters. The van der Waals surface area contributed by atoms with Crippen molar-refractivity contribution in [2.75, 3.05) is 91.6 Å². The smallest absolute Gasteiger partial charge is 0.0916 e. The fraction of sp³-hybridized carbons (Fsp3) is 1.00. The monoisotopic (exact) mass is 308 g/mol. The Morgan fingerprint density at radius 3 is 1.09 bits per heavy atom. The first-order valence-corrected chi connectivity index (χ1v) is 9.93. The van der Waals surface area contributed by atoms with Crippen molar-refractivity contribution in [2.45, 2.75) is 25.7 Å². The predicted molar refractivity (Wildman–Crippen MR) is 90.8 cm³/mol. The molecule has 0 aliphatic carbocycles. The second-order valence-electron chi connectivity index (χ2n) is 8.57. The van der Waals surface area contributed by atoms with Gasteiger partial charge >= 0.3 is 0 Å². The third-order valence-corrected chi connectivity index (χ3v) is 7.36. The highest BCUT2D eigenvalue weighted by Gasteiger charge is 2.38. The van der Waals surface area contributed by atoms with Crippen LogP contribution in [0.4, 0.5) is 0 Å².